The lowest BCUT2D eigenvalue weighted by atomic mass is 10.3. The third kappa shape index (κ3) is 4.76. The van der Waals surface area contributed by atoms with Gasteiger partial charge in [0.15, 0.2) is 0 Å². The molecule has 0 spiro atoms. The normalized spacial score (nSPS) is 13.2. The van der Waals surface area contributed by atoms with E-state index in [2.05, 4.69) is 15.5 Å². The van der Waals surface area contributed by atoms with Crippen molar-refractivity contribution in [2.75, 3.05) is 6.54 Å². The number of nitrogens with one attached hydrogen (secondary N) is 3. The molecule has 0 aliphatic rings. The van der Waals surface area contributed by atoms with Crippen LogP contribution in [0.25, 0.3) is 0 Å². The van der Waals surface area contributed by atoms with Crippen LogP contribution in [0.1, 0.15) is 25.2 Å². The Balaban J connectivity index is 2.96. The van der Waals surface area contributed by atoms with Gasteiger partial charge in [-0.15, -0.1) is 0 Å². The van der Waals surface area contributed by atoms with Gasteiger partial charge in [-0.2, -0.15) is 18.3 Å². The Morgan fingerprint density at radius 1 is 1.35 bits per heavy atom. The first-order valence-corrected chi connectivity index (χ1v) is 7.35. The Morgan fingerprint density at radius 3 is 2.45 bits per heavy atom. The Morgan fingerprint density at radius 2 is 1.95 bits per heavy atom. The second-order valence-electron chi connectivity index (χ2n) is 4.60. The van der Waals surface area contributed by atoms with Gasteiger partial charge in [0.1, 0.15) is 11.4 Å². The molecule has 0 atom stereocenters. The smallest absolute Gasteiger partial charge is 0.309 e. The molecule has 6 nitrogen and oxygen atoms in total. The summed E-state index contributed by atoms with van der Waals surface area (Å²) in [6, 6.07) is 0.0886. The molecule has 0 bridgehead atoms. The molecule has 0 aromatic carbocycles. The number of aromatic amines is 1. The number of sulfonamides is 1. The van der Waals surface area contributed by atoms with E-state index in [0.29, 0.717) is 0 Å². The van der Waals surface area contributed by atoms with Crippen LogP contribution in [-0.4, -0.2) is 37.4 Å². The summed E-state index contributed by atoms with van der Waals surface area (Å²) in [6.07, 6.45) is -4.61. The van der Waals surface area contributed by atoms with Crippen molar-refractivity contribution < 1.29 is 21.6 Å². The number of H-pyrrole nitrogens is 1. The zero-order valence-electron chi connectivity index (χ0n) is 11.3. The lowest BCUT2D eigenvalue weighted by molar-refractivity contribution is -0.121. The first-order chi connectivity index (χ1) is 9.03. The van der Waals surface area contributed by atoms with Crippen LogP contribution in [0.2, 0.25) is 0 Å². The molecule has 3 N–H and O–H groups in total. The number of halogens is 3. The third-order valence-corrected chi connectivity index (χ3v) is 3.97. The highest BCUT2D eigenvalue weighted by atomic mass is 32.2. The predicted octanol–water partition coefficient (Wildman–Crippen LogP) is 1.06. The first kappa shape index (κ1) is 16.9. The molecule has 1 heterocycles. The van der Waals surface area contributed by atoms with E-state index in [9.17, 15) is 21.6 Å². The Labute approximate surface area is 115 Å². The van der Waals surface area contributed by atoms with E-state index in [1.807, 2.05) is 13.8 Å². The second kappa shape index (κ2) is 6.10. The van der Waals surface area contributed by atoms with Gasteiger partial charge in [0.05, 0.1) is 11.4 Å². The average Bonchev–Trinajstić information content (AvgIpc) is 2.65. The number of rotatable bonds is 6. The lowest BCUT2D eigenvalue weighted by Crippen LogP contribution is -2.34. The molecule has 0 aliphatic carbocycles. The van der Waals surface area contributed by atoms with Gasteiger partial charge in [0.2, 0.25) is 10.0 Å². The SMILES string of the molecule is Cc1[nH]nc(CNC(C)C)c1S(=O)(=O)NCC(F)(F)F. The summed E-state index contributed by atoms with van der Waals surface area (Å²) >= 11 is 0. The third-order valence-electron chi connectivity index (χ3n) is 2.37. The van der Waals surface area contributed by atoms with Gasteiger partial charge in [-0.25, -0.2) is 13.1 Å². The minimum atomic E-state index is -4.61. The maximum Gasteiger partial charge on any atom is 0.402 e. The van der Waals surface area contributed by atoms with Gasteiger partial charge >= 0.3 is 6.18 Å². The molecule has 10 heteroatoms. The fourth-order valence-corrected chi connectivity index (χ4v) is 2.87. The van der Waals surface area contributed by atoms with Gasteiger partial charge in [-0.3, -0.25) is 5.10 Å². The predicted molar refractivity (Wildman–Crippen MR) is 66.5 cm³/mol. The summed E-state index contributed by atoms with van der Waals surface area (Å²) in [5, 5.41) is 9.25. The molecule has 0 aliphatic heterocycles. The van der Waals surface area contributed by atoms with Crippen LogP contribution in [-0.2, 0) is 16.6 Å². The molecule has 0 fully saturated rings. The quantitative estimate of drug-likeness (QED) is 0.733. The number of hydrogen-bond donors (Lipinski definition) is 3. The highest BCUT2D eigenvalue weighted by Crippen LogP contribution is 2.19. The van der Waals surface area contributed by atoms with Crippen molar-refractivity contribution in [3.63, 3.8) is 0 Å². The highest BCUT2D eigenvalue weighted by Gasteiger charge is 2.32. The molecule has 1 aromatic rings. The molecule has 0 radical (unpaired) electrons. The molecule has 1 aromatic heterocycles. The van der Waals surface area contributed by atoms with Crippen LogP contribution in [0.4, 0.5) is 13.2 Å². The van der Waals surface area contributed by atoms with Crippen LogP contribution in [0.3, 0.4) is 0 Å². The average molecular weight is 314 g/mol. The van der Waals surface area contributed by atoms with Gasteiger partial charge in [-0.1, -0.05) is 13.8 Å². The lowest BCUT2D eigenvalue weighted by Gasteiger charge is -2.11. The van der Waals surface area contributed by atoms with Crippen LogP contribution in [0.5, 0.6) is 0 Å². The van der Waals surface area contributed by atoms with Crippen molar-refractivity contribution in [3.05, 3.63) is 11.4 Å². The van der Waals surface area contributed by atoms with Gasteiger partial charge in [0.25, 0.3) is 0 Å². The van der Waals surface area contributed by atoms with E-state index in [1.54, 1.807) is 0 Å². The van der Waals surface area contributed by atoms with Crippen LogP contribution < -0.4 is 10.0 Å². The fourth-order valence-electron chi connectivity index (χ4n) is 1.50. The number of nitrogens with zero attached hydrogens (tertiary/aromatic N) is 1. The van der Waals surface area contributed by atoms with Crippen LogP contribution in [0.15, 0.2) is 4.90 Å². The van der Waals surface area contributed by atoms with Crippen molar-refractivity contribution in [2.45, 2.75) is 44.4 Å². The van der Waals surface area contributed by atoms with E-state index < -0.39 is 22.7 Å². The maximum absolute atomic E-state index is 12.1. The largest absolute Gasteiger partial charge is 0.402 e. The molecular formula is C10H17F3N4O2S. The van der Waals surface area contributed by atoms with Crippen molar-refractivity contribution in [1.29, 1.82) is 0 Å². The minimum Gasteiger partial charge on any atom is -0.309 e. The maximum atomic E-state index is 12.1. The molecule has 0 saturated heterocycles. The van der Waals surface area contributed by atoms with E-state index in [0.717, 1.165) is 0 Å². The van der Waals surface area contributed by atoms with Crippen molar-refractivity contribution in [3.8, 4) is 0 Å². The molecule has 0 unspecified atom stereocenters. The molecule has 20 heavy (non-hydrogen) atoms. The van der Waals surface area contributed by atoms with Crippen LogP contribution in [0, 0.1) is 6.92 Å². The van der Waals surface area contributed by atoms with Gasteiger partial charge in [-0.05, 0) is 6.92 Å². The van der Waals surface area contributed by atoms with E-state index in [-0.39, 0.29) is 28.9 Å². The van der Waals surface area contributed by atoms with Crippen LogP contribution >= 0.6 is 0 Å². The zero-order valence-corrected chi connectivity index (χ0v) is 12.1. The Hall–Kier alpha value is -1.13. The second-order valence-corrected chi connectivity index (χ2v) is 6.30. The van der Waals surface area contributed by atoms with Crippen molar-refractivity contribution >= 4 is 10.0 Å². The van der Waals surface area contributed by atoms with Crippen molar-refractivity contribution in [1.82, 2.24) is 20.2 Å². The molecule has 1 rings (SSSR count). The highest BCUT2D eigenvalue weighted by molar-refractivity contribution is 7.89. The summed E-state index contributed by atoms with van der Waals surface area (Å²) in [7, 11) is -4.26. The summed E-state index contributed by atoms with van der Waals surface area (Å²) < 4.78 is 61.7. The molecule has 0 saturated carbocycles. The zero-order chi connectivity index (χ0) is 15.6. The van der Waals surface area contributed by atoms with E-state index in [4.69, 9.17) is 0 Å². The summed E-state index contributed by atoms with van der Waals surface area (Å²) in [5.74, 6) is 0. The Kier molecular flexibility index (Phi) is 5.16. The summed E-state index contributed by atoms with van der Waals surface area (Å²) in [4.78, 5) is -0.241. The van der Waals surface area contributed by atoms with E-state index >= 15 is 0 Å². The van der Waals surface area contributed by atoms with Crippen molar-refractivity contribution in [2.24, 2.45) is 0 Å². The first-order valence-electron chi connectivity index (χ1n) is 5.86. The number of hydrogen-bond acceptors (Lipinski definition) is 4. The Bertz CT molecular complexity index is 551. The minimum absolute atomic E-state index is 0.0886. The molecular weight excluding hydrogens is 297 g/mol. The number of alkyl halides is 3. The topological polar surface area (TPSA) is 86.9 Å². The number of aromatic nitrogens is 2. The molecule has 116 valence electrons. The summed E-state index contributed by atoms with van der Waals surface area (Å²) in [6.45, 7) is 3.68. The number of aryl methyl sites for hydroxylation is 1. The summed E-state index contributed by atoms with van der Waals surface area (Å²) in [5.41, 5.74) is 0.353. The standard InChI is InChI=1S/C10H17F3N4O2S/c1-6(2)14-4-8-9(7(3)16-17-8)20(18,19)15-5-10(11,12)13/h6,14-15H,4-5H2,1-3H3,(H,16,17). The van der Waals surface area contributed by atoms with Gasteiger partial charge < -0.3 is 5.32 Å². The molecule has 0 amide bonds. The van der Waals surface area contributed by atoms with E-state index in [1.165, 1.54) is 11.6 Å². The monoisotopic (exact) mass is 314 g/mol. The fraction of sp³-hybridized carbons (Fsp3) is 0.700. The van der Waals surface area contributed by atoms with Gasteiger partial charge in [0, 0.05) is 12.6 Å².